The highest BCUT2D eigenvalue weighted by atomic mass is 32.2. The van der Waals surface area contributed by atoms with Crippen LogP contribution in [-0.2, 0) is 31.3 Å². The smallest absolute Gasteiger partial charge is 0.265 e. The fraction of sp³-hybridized carbons (Fsp3) is 0.500. The van der Waals surface area contributed by atoms with Crippen molar-refractivity contribution in [1.82, 2.24) is 16.8 Å². The van der Waals surface area contributed by atoms with Crippen LogP contribution < -0.4 is 21.5 Å². The lowest BCUT2D eigenvalue weighted by molar-refractivity contribution is -0.120. The number of rotatable bonds is 11. The van der Waals surface area contributed by atoms with Crippen LogP contribution >= 0.6 is 0 Å². The van der Waals surface area contributed by atoms with Crippen molar-refractivity contribution in [2.24, 2.45) is 0 Å². The molecule has 0 saturated carbocycles. The minimum atomic E-state index is -4.27. The normalized spacial score (nSPS) is 20.5. The highest BCUT2D eigenvalue weighted by Crippen LogP contribution is 2.40. The lowest BCUT2D eigenvalue weighted by atomic mass is 9.88. The average molecular weight is 570 g/mol. The molecule has 0 fully saturated rings. The molecule has 0 radical (unpaired) electrons. The molecule has 2 atom stereocenters. The van der Waals surface area contributed by atoms with Gasteiger partial charge in [0.1, 0.15) is 5.75 Å². The van der Waals surface area contributed by atoms with Crippen LogP contribution in [0.3, 0.4) is 0 Å². The largest absolute Gasteiger partial charge is 0.496 e. The van der Waals surface area contributed by atoms with Crippen molar-refractivity contribution < 1.29 is 30.9 Å². The minimum absolute atomic E-state index is 0. The van der Waals surface area contributed by atoms with Gasteiger partial charge in [-0.05, 0) is 36.1 Å². The second-order valence-corrected chi connectivity index (χ2v) is 13.0. The summed E-state index contributed by atoms with van der Waals surface area (Å²) < 4.78 is 64.1. The molecule has 12 heteroatoms. The number of ether oxygens (including phenoxy) is 1. The number of nitrogens with one attached hydrogen (secondary N) is 2. The third-order valence-corrected chi connectivity index (χ3v) is 9.53. The van der Waals surface area contributed by atoms with Crippen LogP contribution in [0.5, 0.6) is 5.75 Å². The molecule has 0 aliphatic carbocycles. The van der Waals surface area contributed by atoms with E-state index in [4.69, 9.17) is 9.29 Å². The van der Waals surface area contributed by atoms with Gasteiger partial charge < -0.3 is 16.2 Å². The molecular weight excluding hydrogens is 530 g/mol. The van der Waals surface area contributed by atoms with Gasteiger partial charge in [0.25, 0.3) is 10.1 Å². The standard InChI is InChI=1S/C26H36N2O7S2.H3N/c1-4-6-13-26(5-2)18-36(30,31)23-15-20(17-27-24(29)12-14-37(32,33)34)22(35-3)16-21(23)25(28-26)19-10-8-7-9-11-19;/h7-11,15-16,25,28H,4-6,12-14,17-18H2,1-3H3,(H,27,29)(H,32,33,34);1H3/t25-,26-;/m1./s1. The van der Waals surface area contributed by atoms with Crippen LogP contribution in [0, 0.1) is 0 Å². The highest BCUT2D eigenvalue weighted by Gasteiger charge is 2.42. The summed E-state index contributed by atoms with van der Waals surface area (Å²) in [6, 6.07) is 12.6. The number of carbonyl (C=O) groups is 1. The minimum Gasteiger partial charge on any atom is -0.496 e. The van der Waals surface area contributed by atoms with Crippen molar-refractivity contribution in [3.63, 3.8) is 0 Å². The van der Waals surface area contributed by atoms with Gasteiger partial charge in [0.15, 0.2) is 9.84 Å². The fourth-order valence-electron chi connectivity index (χ4n) is 4.76. The van der Waals surface area contributed by atoms with Gasteiger partial charge in [-0.2, -0.15) is 8.42 Å². The first-order valence-electron chi connectivity index (χ1n) is 12.4. The van der Waals surface area contributed by atoms with E-state index >= 15 is 0 Å². The van der Waals surface area contributed by atoms with Crippen molar-refractivity contribution in [3.8, 4) is 5.75 Å². The Morgan fingerprint density at radius 1 is 1.21 bits per heavy atom. The van der Waals surface area contributed by atoms with Crippen molar-refractivity contribution in [1.29, 1.82) is 0 Å². The van der Waals surface area contributed by atoms with Gasteiger partial charge in [-0.25, -0.2) is 8.42 Å². The quantitative estimate of drug-likeness (QED) is 0.295. The lowest BCUT2D eigenvalue weighted by Gasteiger charge is -2.36. The Bertz CT molecular complexity index is 1320. The average Bonchev–Trinajstić information content (AvgIpc) is 2.96. The van der Waals surface area contributed by atoms with E-state index in [1.807, 2.05) is 37.3 Å². The first kappa shape index (κ1) is 31.7. The number of hydrogen-bond acceptors (Lipinski definition) is 8. The van der Waals surface area contributed by atoms with Crippen LogP contribution in [0.4, 0.5) is 0 Å². The molecule has 6 N–H and O–H groups in total. The Hall–Kier alpha value is -2.51. The van der Waals surface area contributed by atoms with E-state index in [1.165, 1.54) is 7.11 Å². The molecule has 0 saturated heterocycles. The summed E-state index contributed by atoms with van der Waals surface area (Å²) in [6.45, 7) is 4.03. The van der Waals surface area contributed by atoms with E-state index in [-0.39, 0.29) is 23.3 Å². The summed E-state index contributed by atoms with van der Waals surface area (Å²) >= 11 is 0. The molecule has 0 aromatic heterocycles. The van der Waals surface area contributed by atoms with Gasteiger partial charge in [-0.1, -0.05) is 57.0 Å². The van der Waals surface area contributed by atoms with Crippen LogP contribution in [0.15, 0.2) is 47.4 Å². The number of unbranched alkanes of at least 4 members (excludes halogenated alkanes) is 1. The molecule has 2 aromatic rings. The molecule has 1 amide bonds. The molecule has 10 nitrogen and oxygen atoms in total. The summed E-state index contributed by atoms with van der Waals surface area (Å²) in [6.07, 6.45) is 2.77. The van der Waals surface area contributed by atoms with Crippen LogP contribution in [0.25, 0.3) is 0 Å². The fourth-order valence-corrected chi connectivity index (χ4v) is 7.38. The third kappa shape index (κ3) is 7.76. The summed E-state index contributed by atoms with van der Waals surface area (Å²) in [5.74, 6) is -0.940. The van der Waals surface area contributed by atoms with E-state index in [0.29, 0.717) is 29.7 Å². The highest BCUT2D eigenvalue weighted by molar-refractivity contribution is 7.91. The molecule has 0 unspecified atom stereocenters. The summed E-state index contributed by atoms with van der Waals surface area (Å²) in [4.78, 5) is 12.3. The second kappa shape index (κ2) is 13.0. The molecule has 3 rings (SSSR count). The summed E-state index contributed by atoms with van der Waals surface area (Å²) in [7, 11) is -6.53. The first-order valence-corrected chi connectivity index (χ1v) is 15.7. The zero-order valence-electron chi connectivity index (χ0n) is 22.2. The van der Waals surface area contributed by atoms with Crippen molar-refractivity contribution in [3.05, 3.63) is 59.2 Å². The van der Waals surface area contributed by atoms with E-state index < -0.39 is 49.6 Å². The molecule has 212 valence electrons. The number of amides is 1. The van der Waals surface area contributed by atoms with Crippen LogP contribution in [0.2, 0.25) is 0 Å². The third-order valence-electron chi connectivity index (χ3n) is 6.86. The molecule has 2 aromatic carbocycles. The molecule has 0 spiro atoms. The number of sulfone groups is 1. The summed E-state index contributed by atoms with van der Waals surface area (Å²) in [5, 5.41) is 6.30. The van der Waals surface area contributed by atoms with Gasteiger partial charge in [0.05, 0.1) is 29.6 Å². The number of methoxy groups -OCH3 is 1. The Morgan fingerprint density at radius 2 is 1.89 bits per heavy atom. The van der Waals surface area contributed by atoms with Gasteiger partial charge in [0, 0.05) is 24.1 Å². The number of carbonyl (C=O) groups excluding carboxylic acids is 1. The van der Waals surface area contributed by atoms with E-state index in [0.717, 1.165) is 18.4 Å². The number of hydrogen-bond donors (Lipinski definition) is 4. The van der Waals surface area contributed by atoms with Crippen molar-refractivity contribution in [2.45, 2.75) is 69.0 Å². The maximum Gasteiger partial charge on any atom is 0.265 e. The topological polar surface area (TPSA) is 174 Å². The van der Waals surface area contributed by atoms with Gasteiger partial charge in [0.2, 0.25) is 5.91 Å². The Labute approximate surface area is 225 Å². The Morgan fingerprint density at radius 3 is 2.47 bits per heavy atom. The predicted molar refractivity (Wildman–Crippen MR) is 147 cm³/mol. The number of fused-ring (bicyclic) bond motifs is 1. The van der Waals surface area contributed by atoms with Crippen molar-refractivity contribution in [2.75, 3.05) is 18.6 Å². The molecule has 1 aliphatic heterocycles. The second-order valence-electron chi connectivity index (χ2n) is 9.50. The van der Waals surface area contributed by atoms with Gasteiger partial charge in [-0.3, -0.25) is 14.7 Å². The Kier molecular flexibility index (Phi) is 10.9. The van der Waals surface area contributed by atoms with Crippen LogP contribution in [0.1, 0.15) is 68.7 Å². The molecule has 1 heterocycles. The van der Waals surface area contributed by atoms with E-state index in [9.17, 15) is 21.6 Å². The van der Waals surface area contributed by atoms with Gasteiger partial charge in [-0.15, -0.1) is 0 Å². The zero-order valence-corrected chi connectivity index (χ0v) is 23.8. The maximum absolute atomic E-state index is 13.8. The van der Waals surface area contributed by atoms with Crippen LogP contribution in [-0.4, -0.2) is 51.4 Å². The Balaban J connectivity index is 0.00000507. The van der Waals surface area contributed by atoms with Gasteiger partial charge >= 0.3 is 0 Å². The predicted octanol–water partition coefficient (Wildman–Crippen LogP) is 3.56. The molecule has 1 aliphatic rings. The molecular formula is C26H39N3O7S2. The van der Waals surface area contributed by atoms with E-state index in [1.54, 1.807) is 12.1 Å². The lowest BCUT2D eigenvalue weighted by Crippen LogP contribution is -2.50. The maximum atomic E-state index is 13.8. The number of benzene rings is 2. The van der Waals surface area contributed by atoms with Crippen molar-refractivity contribution >= 4 is 25.9 Å². The monoisotopic (exact) mass is 569 g/mol. The van der Waals surface area contributed by atoms with E-state index in [2.05, 4.69) is 17.6 Å². The first-order chi connectivity index (χ1) is 17.4. The zero-order chi connectivity index (χ0) is 27.3. The summed E-state index contributed by atoms with van der Waals surface area (Å²) in [5.41, 5.74) is 1.35. The molecule has 0 bridgehead atoms. The molecule has 38 heavy (non-hydrogen) atoms. The SMILES string of the molecule is CCCC[C@]1(CC)CS(=O)(=O)c2cc(CNC(=O)CCS(=O)(=O)O)c(OC)cc2[C@@H](c2ccccc2)N1.N.